The lowest BCUT2D eigenvalue weighted by molar-refractivity contribution is -0.136. The summed E-state index contributed by atoms with van der Waals surface area (Å²) in [6, 6.07) is 15.1. The van der Waals surface area contributed by atoms with Crippen LogP contribution in [0.2, 0.25) is 0 Å². The summed E-state index contributed by atoms with van der Waals surface area (Å²) in [5, 5.41) is 9.09. The average Bonchev–Trinajstić information content (AvgIpc) is 3.45. The molecule has 0 spiro atoms. The molecule has 1 aliphatic carbocycles. The summed E-state index contributed by atoms with van der Waals surface area (Å²) in [4.78, 5) is 14.4. The van der Waals surface area contributed by atoms with Crippen LogP contribution in [0.4, 0.5) is 4.39 Å². The maximum Gasteiger partial charge on any atom is 0.261 e. The highest BCUT2D eigenvalue weighted by atomic mass is 19.1. The van der Waals surface area contributed by atoms with Crippen molar-refractivity contribution < 1.29 is 13.9 Å². The molecule has 0 N–H and O–H groups in total. The van der Waals surface area contributed by atoms with Gasteiger partial charge in [-0.1, -0.05) is 30.3 Å². The third-order valence-corrected chi connectivity index (χ3v) is 4.36. The topological polar surface area (TPSA) is 53.3 Å². The van der Waals surface area contributed by atoms with Crippen LogP contribution in [0, 0.1) is 17.1 Å². The van der Waals surface area contributed by atoms with Gasteiger partial charge in [0.15, 0.2) is 6.61 Å². The number of hydrogen-bond donors (Lipinski definition) is 0. The zero-order valence-corrected chi connectivity index (χ0v) is 14.0. The van der Waals surface area contributed by atoms with Crippen molar-refractivity contribution in [3.8, 4) is 11.8 Å². The van der Waals surface area contributed by atoms with Crippen molar-refractivity contribution in [1.29, 1.82) is 5.26 Å². The zero-order chi connectivity index (χ0) is 17.8. The summed E-state index contributed by atoms with van der Waals surface area (Å²) < 4.78 is 19.6. The minimum absolute atomic E-state index is 0.122. The molecule has 0 radical (unpaired) electrons. The highest BCUT2D eigenvalue weighted by Crippen LogP contribution is 2.35. The largest absolute Gasteiger partial charge is 0.482 e. The van der Waals surface area contributed by atoms with E-state index in [1.807, 2.05) is 13.0 Å². The Morgan fingerprint density at radius 3 is 2.64 bits per heavy atom. The molecule has 1 amide bonds. The van der Waals surface area contributed by atoms with Crippen LogP contribution in [-0.4, -0.2) is 23.5 Å². The van der Waals surface area contributed by atoms with Crippen molar-refractivity contribution in [2.45, 2.75) is 31.8 Å². The van der Waals surface area contributed by atoms with E-state index in [1.165, 1.54) is 6.07 Å². The van der Waals surface area contributed by atoms with Crippen molar-refractivity contribution in [2.24, 2.45) is 0 Å². The number of halogens is 1. The Morgan fingerprint density at radius 1 is 1.28 bits per heavy atom. The Hall–Kier alpha value is -2.87. The Kier molecular flexibility index (Phi) is 4.99. The number of para-hydroxylation sites is 1. The summed E-state index contributed by atoms with van der Waals surface area (Å²) in [7, 11) is 0. The van der Waals surface area contributed by atoms with E-state index >= 15 is 0 Å². The molecule has 2 aromatic carbocycles. The first-order chi connectivity index (χ1) is 12.1. The molecule has 1 unspecified atom stereocenters. The van der Waals surface area contributed by atoms with E-state index in [9.17, 15) is 9.18 Å². The molecule has 2 aromatic rings. The smallest absolute Gasteiger partial charge is 0.261 e. The maximum absolute atomic E-state index is 14.1. The summed E-state index contributed by atoms with van der Waals surface area (Å²) in [6.45, 7) is 1.66. The van der Waals surface area contributed by atoms with Gasteiger partial charge < -0.3 is 9.64 Å². The van der Waals surface area contributed by atoms with Gasteiger partial charge in [-0.2, -0.15) is 5.26 Å². The van der Waals surface area contributed by atoms with Crippen molar-refractivity contribution in [2.75, 3.05) is 6.61 Å². The molecule has 1 fully saturated rings. The standard InChI is InChI=1S/C20H19FN2O2/c1-14(17-7-3-4-8-18(17)21)23(16-10-11-16)20(24)13-25-19-9-5-2-6-15(19)12-22/h2-9,14,16H,10-11,13H2,1H3. The van der Waals surface area contributed by atoms with E-state index in [0.717, 1.165) is 12.8 Å². The molecule has 1 atom stereocenters. The van der Waals surface area contributed by atoms with Gasteiger partial charge >= 0.3 is 0 Å². The molecule has 0 aromatic heterocycles. The van der Waals surface area contributed by atoms with E-state index in [1.54, 1.807) is 47.4 Å². The van der Waals surface area contributed by atoms with E-state index in [4.69, 9.17) is 10.00 Å². The van der Waals surface area contributed by atoms with Gasteiger partial charge in [-0.3, -0.25) is 4.79 Å². The van der Waals surface area contributed by atoms with E-state index < -0.39 is 0 Å². The number of benzene rings is 2. The molecule has 3 rings (SSSR count). The molecular weight excluding hydrogens is 319 g/mol. The Labute approximate surface area is 146 Å². The Balaban J connectivity index is 1.74. The van der Waals surface area contributed by atoms with Crippen LogP contribution in [0.15, 0.2) is 48.5 Å². The molecule has 4 nitrogen and oxygen atoms in total. The van der Waals surface area contributed by atoms with E-state index in [2.05, 4.69) is 0 Å². The zero-order valence-electron chi connectivity index (χ0n) is 14.0. The fraction of sp³-hybridized carbons (Fsp3) is 0.300. The van der Waals surface area contributed by atoms with Gasteiger partial charge in [-0.15, -0.1) is 0 Å². The Bertz CT molecular complexity index is 811. The predicted molar refractivity (Wildman–Crippen MR) is 91.3 cm³/mol. The van der Waals surface area contributed by atoms with Crippen LogP contribution < -0.4 is 4.74 Å². The van der Waals surface area contributed by atoms with E-state index in [0.29, 0.717) is 16.9 Å². The molecule has 0 saturated heterocycles. The predicted octanol–water partition coefficient (Wildman–Crippen LogP) is 3.83. The van der Waals surface area contributed by atoms with Gasteiger partial charge in [0.1, 0.15) is 17.6 Å². The van der Waals surface area contributed by atoms with Crippen LogP contribution in [-0.2, 0) is 4.79 Å². The molecule has 1 aliphatic rings. The number of amides is 1. The van der Waals surface area contributed by atoms with Crippen molar-refractivity contribution in [3.05, 3.63) is 65.5 Å². The third kappa shape index (κ3) is 3.80. The molecular formula is C20H19FN2O2. The fourth-order valence-corrected chi connectivity index (χ4v) is 2.95. The highest BCUT2D eigenvalue weighted by Gasteiger charge is 2.37. The summed E-state index contributed by atoms with van der Waals surface area (Å²) in [5.74, 6) is -0.136. The minimum Gasteiger partial charge on any atom is -0.482 e. The van der Waals surface area contributed by atoms with Crippen LogP contribution in [0.25, 0.3) is 0 Å². The second kappa shape index (κ2) is 7.35. The van der Waals surface area contributed by atoms with Crippen LogP contribution in [0.5, 0.6) is 5.75 Å². The number of nitrogens with zero attached hydrogens (tertiary/aromatic N) is 2. The first kappa shape index (κ1) is 17.0. The molecule has 25 heavy (non-hydrogen) atoms. The summed E-state index contributed by atoms with van der Waals surface area (Å²) >= 11 is 0. The highest BCUT2D eigenvalue weighted by molar-refractivity contribution is 5.79. The monoisotopic (exact) mass is 338 g/mol. The lowest BCUT2D eigenvalue weighted by Gasteiger charge is -2.30. The molecule has 0 aliphatic heterocycles. The maximum atomic E-state index is 14.1. The lowest BCUT2D eigenvalue weighted by Crippen LogP contribution is -2.39. The van der Waals surface area contributed by atoms with Gasteiger partial charge in [0, 0.05) is 11.6 Å². The first-order valence-electron chi connectivity index (χ1n) is 8.29. The van der Waals surface area contributed by atoms with Gasteiger partial charge in [0.2, 0.25) is 0 Å². The fourth-order valence-electron chi connectivity index (χ4n) is 2.95. The van der Waals surface area contributed by atoms with E-state index in [-0.39, 0.29) is 30.4 Å². The number of carbonyl (C=O) groups excluding carboxylic acids is 1. The van der Waals surface area contributed by atoms with Crippen LogP contribution in [0.1, 0.15) is 36.9 Å². The lowest BCUT2D eigenvalue weighted by atomic mass is 10.1. The van der Waals surface area contributed by atoms with Gasteiger partial charge in [0.25, 0.3) is 5.91 Å². The number of carbonyl (C=O) groups is 1. The average molecular weight is 338 g/mol. The number of hydrogen-bond acceptors (Lipinski definition) is 3. The third-order valence-electron chi connectivity index (χ3n) is 4.36. The number of ether oxygens (including phenoxy) is 1. The number of nitriles is 1. The van der Waals surface area contributed by atoms with Crippen molar-refractivity contribution >= 4 is 5.91 Å². The summed E-state index contributed by atoms with van der Waals surface area (Å²) in [6.07, 6.45) is 1.83. The number of rotatable bonds is 6. The van der Waals surface area contributed by atoms with Crippen LogP contribution in [0.3, 0.4) is 0 Å². The second-order valence-electron chi connectivity index (χ2n) is 6.13. The van der Waals surface area contributed by atoms with Crippen molar-refractivity contribution in [1.82, 2.24) is 4.90 Å². The van der Waals surface area contributed by atoms with Crippen LogP contribution >= 0.6 is 0 Å². The molecule has 128 valence electrons. The first-order valence-corrected chi connectivity index (χ1v) is 8.29. The normalized spacial score (nSPS) is 14.4. The van der Waals surface area contributed by atoms with Gasteiger partial charge in [-0.25, -0.2) is 4.39 Å². The second-order valence-corrected chi connectivity index (χ2v) is 6.13. The van der Waals surface area contributed by atoms with Gasteiger partial charge in [-0.05, 0) is 38.0 Å². The van der Waals surface area contributed by atoms with Gasteiger partial charge in [0.05, 0.1) is 11.6 Å². The Morgan fingerprint density at radius 2 is 1.96 bits per heavy atom. The minimum atomic E-state index is -0.365. The molecule has 0 bridgehead atoms. The quantitative estimate of drug-likeness (QED) is 0.804. The molecule has 1 saturated carbocycles. The summed E-state index contributed by atoms with van der Waals surface area (Å²) in [5.41, 5.74) is 0.885. The molecule has 0 heterocycles. The van der Waals surface area contributed by atoms with Crippen molar-refractivity contribution in [3.63, 3.8) is 0 Å². The molecule has 5 heteroatoms. The SMILES string of the molecule is CC(c1ccccc1F)N(C(=O)COc1ccccc1C#N)C1CC1.